The molecule has 1 aliphatic heterocycles. The maximum atomic E-state index is 12.1. The minimum absolute atomic E-state index is 0.0283. The zero-order valence-corrected chi connectivity index (χ0v) is 11.1. The Morgan fingerprint density at radius 3 is 2.72 bits per heavy atom. The normalized spacial score (nSPS) is 17.7. The Balaban J connectivity index is 2.14. The molecule has 0 fully saturated rings. The van der Waals surface area contributed by atoms with Crippen molar-refractivity contribution in [1.82, 2.24) is 0 Å². The first kappa shape index (κ1) is 12.9. The Bertz CT molecular complexity index is 460. The van der Waals surface area contributed by atoms with Crippen molar-refractivity contribution in [1.29, 1.82) is 0 Å². The average molecular weight is 244 g/mol. The van der Waals surface area contributed by atoms with E-state index in [1.54, 1.807) is 0 Å². The number of allylic oxidation sites excluding steroid dienone is 2. The zero-order chi connectivity index (χ0) is 13.0. The summed E-state index contributed by atoms with van der Waals surface area (Å²) in [7, 11) is 0. The second-order valence-electron chi connectivity index (χ2n) is 4.77. The largest absolute Gasteiger partial charge is 0.453 e. The number of hydrogen-bond acceptors (Lipinski definition) is 2. The third-order valence-corrected chi connectivity index (χ3v) is 3.42. The number of carbonyl (C=O) groups is 1. The minimum Gasteiger partial charge on any atom is -0.453 e. The van der Waals surface area contributed by atoms with Gasteiger partial charge in [0.1, 0.15) is 5.75 Å². The molecule has 2 heteroatoms. The highest BCUT2D eigenvalue weighted by molar-refractivity contribution is 6.12. The van der Waals surface area contributed by atoms with Gasteiger partial charge in [0, 0.05) is 0 Å². The maximum absolute atomic E-state index is 12.1. The van der Waals surface area contributed by atoms with Crippen LogP contribution in [0.2, 0.25) is 0 Å². The summed E-state index contributed by atoms with van der Waals surface area (Å²) in [5.74, 6) is 1.68. The first-order chi connectivity index (χ1) is 8.76. The number of carbonyl (C=O) groups excluding carboxylic acids is 1. The van der Waals surface area contributed by atoms with Gasteiger partial charge in [0.15, 0.2) is 5.76 Å². The number of hydrogen-bond donors (Lipinski definition) is 0. The van der Waals surface area contributed by atoms with E-state index in [2.05, 4.69) is 13.8 Å². The van der Waals surface area contributed by atoms with Gasteiger partial charge in [0.25, 0.3) is 0 Å². The molecule has 1 unspecified atom stereocenters. The Morgan fingerprint density at radius 1 is 1.28 bits per heavy atom. The fourth-order valence-corrected chi connectivity index (χ4v) is 2.24. The highest BCUT2D eigenvalue weighted by Gasteiger charge is 2.27. The van der Waals surface area contributed by atoms with Crippen molar-refractivity contribution in [2.75, 3.05) is 0 Å². The first-order valence-electron chi connectivity index (χ1n) is 6.79. The third kappa shape index (κ3) is 2.63. The summed E-state index contributed by atoms with van der Waals surface area (Å²) in [6.45, 7) is 4.34. The lowest BCUT2D eigenvalue weighted by atomic mass is 9.97. The number of para-hydroxylation sites is 1. The molecule has 0 aliphatic carbocycles. The van der Waals surface area contributed by atoms with Crippen molar-refractivity contribution in [3.63, 3.8) is 0 Å². The summed E-state index contributed by atoms with van der Waals surface area (Å²) in [6.07, 6.45) is 6.58. The van der Waals surface area contributed by atoms with E-state index < -0.39 is 0 Å². The second kappa shape index (κ2) is 5.85. The van der Waals surface area contributed by atoms with Gasteiger partial charge in [-0.25, -0.2) is 0 Å². The van der Waals surface area contributed by atoms with E-state index >= 15 is 0 Å². The van der Waals surface area contributed by atoms with Gasteiger partial charge in [-0.05, 0) is 37.0 Å². The molecule has 1 atom stereocenters. The van der Waals surface area contributed by atoms with E-state index in [1.165, 1.54) is 12.8 Å². The molecule has 0 saturated carbocycles. The molecule has 0 spiro atoms. The molecule has 0 radical (unpaired) electrons. The standard InChI is InChI=1S/C16H20O2/c1-3-5-8-12(4-2)11-15-16(17)13-9-6-7-10-14(13)18-15/h6-7,9-12H,3-5,8H2,1-2H3/b15-11-. The van der Waals surface area contributed by atoms with Gasteiger partial charge in [-0.2, -0.15) is 0 Å². The van der Waals surface area contributed by atoms with Gasteiger partial charge in [-0.3, -0.25) is 4.79 Å². The fraction of sp³-hybridized carbons (Fsp3) is 0.438. The molecule has 1 heterocycles. The molecule has 18 heavy (non-hydrogen) atoms. The number of ketones is 1. The van der Waals surface area contributed by atoms with Crippen LogP contribution in [-0.4, -0.2) is 5.78 Å². The third-order valence-electron chi connectivity index (χ3n) is 3.42. The van der Waals surface area contributed by atoms with E-state index in [0.29, 0.717) is 23.0 Å². The Kier molecular flexibility index (Phi) is 4.19. The van der Waals surface area contributed by atoms with E-state index in [1.807, 2.05) is 30.3 Å². The number of benzene rings is 1. The molecule has 2 nitrogen and oxygen atoms in total. The van der Waals surface area contributed by atoms with Crippen LogP contribution in [-0.2, 0) is 0 Å². The minimum atomic E-state index is 0.0283. The summed E-state index contributed by atoms with van der Waals surface area (Å²) < 4.78 is 5.64. The molecular weight excluding hydrogens is 224 g/mol. The van der Waals surface area contributed by atoms with Crippen LogP contribution < -0.4 is 4.74 Å². The van der Waals surface area contributed by atoms with Crippen LogP contribution in [0.5, 0.6) is 5.75 Å². The van der Waals surface area contributed by atoms with Crippen molar-refractivity contribution in [3.8, 4) is 5.75 Å². The van der Waals surface area contributed by atoms with E-state index in [9.17, 15) is 4.79 Å². The number of Topliss-reactive ketones (excluding diaryl/α,β-unsaturated/α-hetero) is 1. The number of unbranched alkanes of at least 4 members (excludes halogenated alkanes) is 1. The van der Waals surface area contributed by atoms with Crippen molar-refractivity contribution in [2.45, 2.75) is 39.5 Å². The van der Waals surface area contributed by atoms with Gasteiger partial charge >= 0.3 is 0 Å². The van der Waals surface area contributed by atoms with Crippen LogP contribution >= 0.6 is 0 Å². The molecular formula is C16H20O2. The summed E-state index contributed by atoms with van der Waals surface area (Å²) in [5, 5.41) is 0. The van der Waals surface area contributed by atoms with E-state index in [-0.39, 0.29) is 5.78 Å². The van der Waals surface area contributed by atoms with Gasteiger partial charge in [0.2, 0.25) is 5.78 Å². The van der Waals surface area contributed by atoms with Crippen molar-refractivity contribution in [2.24, 2.45) is 5.92 Å². The van der Waals surface area contributed by atoms with Crippen LogP contribution in [0, 0.1) is 5.92 Å². The van der Waals surface area contributed by atoms with Crippen LogP contribution in [0.25, 0.3) is 0 Å². The number of rotatable bonds is 5. The molecule has 1 aromatic carbocycles. The lowest BCUT2D eigenvalue weighted by Gasteiger charge is -2.09. The molecule has 2 rings (SSSR count). The first-order valence-corrected chi connectivity index (χ1v) is 6.79. The van der Waals surface area contributed by atoms with Crippen LogP contribution in [0.4, 0.5) is 0 Å². The number of fused-ring (bicyclic) bond motifs is 1. The van der Waals surface area contributed by atoms with Gasteiger partial charge in [0.05, 0.1) is 5.56 Å². The van der Waals surface area contributed by atoms with Gasteiger partial charge < -0.3 is 4.74 Å². The second-order valence-corrected chi connectivity index (χ2v) is 4.77. The van der Waals surface area contributed by atoms with E-state index in [0.717, 1.165) is 12.8 Å². The highest BCUT2D eigenvalue weighted by atomic mass is 16.5. The predicted octanol–water partition coefficient (Wildman–Crippen LogP) is 4.36. The maximum Gasteiger partial charge on any atom is 0.231 e. The predicted molar refractivity (Wildman–Crippen MR) is 72.8 cm³/mol. The monoisotopic (exact) mass is 244 g/mol. The molecule has 96 valence electrons. The Hall–Kier alpha value is -1.57. The van der Waals surface area contributed by atoms with Crippen LogP contribution in [0.1, 0.15) is 49.9 Å². The van der Waals surface area contributed by atoms with E-state index in [4.69, 9.17) is 4.74 Å². The molecule has 1 aromatic rings. The molecule has 0 amide bonds. The highest BCUT2D eigenvalue weighted by Crippen LogP contribution is 2.31. The molecule has 1 aliphatic rings. The van der Waals surface area contributed by atoms with Crippen LogP contribution in [0.3, 0.4) is 0 Å². The van der Waals surface area contributed by atoms with Gasteiger partial charge in [-0.15, -0.1) is 0 Å². The molecule has 0 N–H and O–H groups in total. The molecule has 0 aromatic heterocycles. The van der Waals surface area contributed by atoms with Gasteiger partial charge in [-0.1, -0.05) is 38.8 Å². The zero-order valence-electron chi connectivity index (χ0n) is 11.1. The lowest BCUT2D eigenvalue weighted by Crippen LogP contribution is -2.03. The smallest absolute Gasteiger partial charge is 0.231 e. The Morgan fingerprint density at radius 2 is 2.06 bits per heavy atom. The van der Waals surface area contributed by atoms with Crippen molar-refractivity contribution >= 4 is 5.78 Å². The van der Waals surface area contributed by atoms with Crippen molar-refractivity contribution in [3.05, 3.63) is 41.7 Å². The average Bonchev–Trinajstić information content (AvgIpc) is 2.72. The topological polar surface area (TPSA) is 26.3 Å². The quantitative estimate of drug-likeness (QED) is 0.719. The lowest BCUT2D eigenvalue weighted by molar-refractivity contribution is 0.101. The Labute approximate surface area is 109 Å². The molecule has 0 saturated heterocycles. The van der Waals surface area contributed by atoms with Crippen LogP contribution in [0.15, 0.2) is 36.1 Å². The number of ether oxygens (including phenoxy) is 1. The summed E-state index contributed by atoms with van der Waals surface area (Å²) >= 11 is 0. The summed E-state index contributed by atoms with van der Waals surface area (Å²) in [5.41, 5.74) is 0.689. The summed E-state index contributed by atoms with van der Waals surface area (Å²) in [4.78, 5) is 12.1. The van der Waals surface area contributed by atoms with Crippen molar-refractivity contribution < 1.29 is 9.53 Å². The molecule has 0 bridgehead atoms. The fourth-order valence-electron chi connectivity index (χ4n) is 2.24. The SMILES string of the molecule is CCCCC(/C=C1\Oc2ccccc2C1=O)CC. The summed E-state index contributed by atoms with van der Waals surface area (Å²) in [6, 6.07) is 7.44.